The largest absolute Gasteiger partial charge is 0.497 e. The number of urea groups is 1. The van der Waals surface area contributed by atoms with E-state index in [1.807, 2.05) is 0 Å². The molecule has 0 aliphatic carbocycles. The molecule has 2 aromatic rings. The highest BCUT2D eigenvalue weighted by Crippen LogP contribution is 2.24. The van der Waals surface area contributed by atoms with Gasteiger partial charge in [-0.05, 0) is 42.0 Å². The molecular formula is C21H22N4O5. The maximum absolute atomic E-state index is 12.7. The molecule has 3 rings (SSSR count). The Bertz CT molecular complexity index is 958. The van der Waals surface area contributed by atoms with Gasteiger partial charge in [0.15, 0.2) is 0 Å². The normalized spacial score (nSPS) is 14.0. The van der Waals surface area contributed by atoms with Gasteiger partial charge in [0.2, 0.25) is 5.91 Å². The first kappa shape index (κ1) is 20.9. The fraction of sp³-hybridized carbons (Fsp3) is 0.190. The summed E-state index contributed by atoms with van der Waals surface area (Å²) in [6.45, 7) is 0.589. The number of benzene rings is 2. The van der Waals surface area contributed by atoms with E-state index in [0.29, 0.717) is 35.8 Å². The fourth-order valence-corrected chi connectivity index (χ4v) is 3.06. The van der Waals surface area contributed by atoms with E-state index in [1.54, 1.807) is 60.5 Å². The molecule has 2 aromatic carbocycles. The van der Waals surface area contributed by atoms with E-state index >= 15 is 0 Å². The van der Waals surface area contributed by atoms with Crippen molar-refractivity contribution in [1.82, 2.24) is 10.4 Å². The van der Waals surface area contributed by atoms with Crippen LogP contribution in [0, 0.1) is 0 Å². The molecule has 1 aliphatic heterocycles. The number of hydroxylamine groups is 1. The molecule has 0 radical (unpaired) electrons. The number of nitrogens with one attached hydrogen (secondary N) is 2. The Labute approximate surface area is 173 Å². The minimum absolute atomic E-state index is 0.0723. The molecule has 0 saturated carbocycles. The predicted octanol–water partition coefficient (Wildman–Crippen LogP) is 2.09. The van der Waals surface area contributed by atoms with Crippen LogP contribution in [-0.4, -0.2) is 54.7 Å². The number of para-hydroxylation sites is 1. The molecular weight excluding hydrogens is 388 g/mol. The van der Waals surface area contributed by atoms with Crippen LogP contribution in [0.5, 0.6) is 5.75 Å². The summed E-state index contributed by atoms with van der Waals surface area (Å²) in [5, 5.41) is 11.4. The van der Waals surface area contributed by atoms with E-state index < -0.39 is 5.91 Å². The molecule has 0 bridgehead atoms. The highest BCUT2D eigenvalue weighted by Gasteiger charge is 2.29. The van der Waals surface area contributed by atoms with Gasteiger partial charge < -0.3 is 19.9 Å². The lowest BCUT2D eigenvalue weighted by molar-refractivity contribution is -0.124. The Balaban J connectivity index is 1.66. The lowest BCUT2D eigenvalue weighted by Crippen LogP contribution is -2.53. The van der Waals surface area contributed by atoms with Crippen molar-refractivity contribution in [2.45, 2.75) is 0 Å². The summed E-state index contributed by atoms with van der Waals surface area (Å²) < 4.78 is 5.09. The van der Waals surface area contributed by atoms with Crippen LogP contribution < -0.4 is 20.4 Å². The van der Waals surface area contributed by atoms with Crippen molar-refractivity contribution in [3.05, 3.63) is 60.2 Å². The minimum Gasteiger partial charge on any atom is -0.497 e. The van der Waals surface area contributed by atoms with Crippen molar-refractivity contribution < 1.29 is 24.3 Å². The summed E-state index contributed by atoms with van der Waals surface area (Å²) in [6, 6.07) is 13.6. The molecule has 1 heterocycles. The third-order valence-electron chi connectivity index (χ3n) is 4.60. The average Bonchev–Trinajstić information content (AvgIpc) is 2.78. The number of amides is 4. The molecule has 0 atom stereocenters. The van der Waals surface area contributed by atoms with Crippen molar-refractivity contribution >= 4 is 35.3 Å². The van der Waals surface area contributed by atoms with E-state index in [1.165, 1.54) is 22.5 Å². The summed E-state index contributed by atoms with van der Waals surface area (Å²) in [4.78, 5) is 39.5. The van der Waals surface area contributed by atoms with Crippen molar-refractivity contribution in [1.29, 1.82) is 0 Å². The Morgan fingerprint density at radius 2 is 1.83 bits per heavy atom. The first-order valence-electron chi connectivity index (χ1n) is 9.23. The summed E-state index contributed by atoms with van der Waals surface area (Å²) in [5.41, 5.74) is 3.40. The Morgan fingerprint density at radius 1 is 1.10 bits per heavy atom. The van der Waals surface area contributed by atoms with Gasteiger partial charge in [-0.3, -0.25) is 14.8 Å². The summed E-state index contributed by atoms with van der Waals surface area (Å²) in [7, 11) is 1.56. The van der Waals surface area contributed by atoms with Crippen LogP contribution in [-0.2, 0) is 9.59 Å². The van der Waals surface area contributed by atoms with Crippen LogP contribution in [0.1, 0.15) is 5.56 Å². The van der Waals surface area contributed by atoms with Crippen LogP contribution in [0.25, 0.3) is 6.08 Å². The van der Waals surface area contributed by atoms with E-state index in [2.05, 4.69) is 5.32 Å². The second kappa shape index (κ2) is 9.57. The van der Waals surface area contributed by atoms with Crippen LogP contribution in [0.4, 0.5) is 16.2 Å². The van der Waals surface area contributed by atoms with Crippen molar-refractivity contribution in [2.24, 2.45) is 0 Å². The van der Waals surface area contributed by atoms with Gasteiger partial charge in [0.25, 0.3) is 5.91 Å². The molecule has 30 heavy (non-hydrogen) atoms. The molecule has 9 nitrogen and oxygen atoms in total. The van der Waals surface area contributed by atoms with Crippen molar-refractivity contribution in [2.75, 3.05) is 37.0 Å². The summed E-state index contributed by atoms with van der Waals surface area (Å²) in [5.74, 6) is -0.226. The minimum atomic E-state index is -0.670. The maximum atomic E-state index is 12.7. The second-order valence-corrected chi connectivity index (χ2v) is 6.49. The molecule has 1 aliphatic rings. The van der Waals surface area contributed by atoms with Gasteiger partial charge in [-0.2, -0.15) is 0 Å². The van der Waals surface area contributed by atoms with Gasteiger partial charge in [-0.1, -0.05) is 18.2 Å². The van der Waals surface area contributed by atoms with Gasteiger partial charge in [-0.25, -0.2) is 10.3 Å². The number of nitrogens with zero attached hydrogens (tertiary/aromatic N) is 2. The van der Waals surface area contributed by atoms with Crippen LogP contribution in [0.3, 0.4) is 0 Å². The quantitative estimate of drug-likeness (QED) is 0.397. The highest BCUT2D eigenvalue weighted by atomic mass is 16.5. The zero-order valence-electron chi connectivity index (χ0n) is 16.4. The number of rotatable bonds is 5. The molecule has 1 fully saturated rings. The number of anilines is 2. The standard InChI is InChI=1S/C21H22N4O5/c1-30-17-9-7-16(8-10-17)22-21(28)24-12-13-25(20(27)14-24)18-5-3-2-4-15(18)6-11-19(26)23-29/h2-11,29H,12-14H2,1H3,(H,22,28)(H,23,26)/b11-6+. The number of hydrogen-bond acceptors (Lipinski definition) is 5. The Hall–Kier alpha value is -3.85. The zero-order valence-corrected chi connectivity index (χ0v) is 16.4. The zero-order chi connectivity index (χ0) is 21.5. The molecule has 1 saturated heterocycles. The number of methoxy groups -OCH3 is 1. The van der Waals surface area contributed by atoms with Gasteiger partial charge in [0.05, 0.1) is 12.8 Å². The van der Waals surface area contributed by atoms with Gasteiger partial charge in [0.1, 0.15) is 12.3 Å². The molecule has 0 unspecified atom stereocenters. The first-order valence-corrected chi connectivity index (χ1v) is 9.23. The molecule has 4 amide bonds. The van der Waals surface area contributed by atoms with E-state index in [9.17, 15) is 14.4 Å². The molecule has 0 aromatic heterocycles. The Kier molecular flexibility index (Phi) is 6.66. The number of piperazine rings is 1. The van der Waals surface area contributed by atoms with E-state index in [4.69, 9.17) is 9.94 Å². The van der Waals surface area contributed by atoms with Crippen molar-refractivity contribution in [3.8, 4) is 5.75 Å². The SMILES string of the molecule is COc1ccc(NC(=O)N2CCN(c3ccccc3/C=C/C(=O)NO)C(=O)C2)cc1. The molecule has 9 heteroatoms. The fourth-order valence-electron chi connectivity index (χ4n) is 3.06. The highest BCUT2D eigenvalue weighted by molar-refractivity contribution is 6.01. The number of carbonyl (C=O) groups is 3. The number of ether oxygens (including phenoxy) is 1. The monoisotopic (exact) mass is 410 g/mol. The van der Waals surface area contributed by atoms with Gasteiger partial charge >= 0.3 is 6.03 Å². The third-order valence-corrected chi connectivity index (χ3v) is 4.60. The number of carbonyl (C=O) groups excluding carboxylic acids is 3. The maximum Gasteiger partial charge on any atom is 0.322 e. The first-order chi connectivity index (χ1) is 14.5. The Morgan fingerprint density at radius 3 is 2.50 bits per heavy atom. The van der Waals surface area contributed by atoms with Gasteiger partial charge in [-0.15, -0.1) is 0 Å². The summed E-state index contributed by atoms with van der Waals surface area (Å²) >= 11 is 0. The lowest BCUT2D eigenvalue weighted by atomic mass is 10.1. The van der Waals surface area contributed by atoms with Crippen LogP contribution >= 0.6 is 0 Å². The third kappa shape index (κ3) is 4.95. The smallest absolute Gasteiger partial charge is 0.322 e. The molecule has 0 spiro atoms. The second-order valence-electron chi connectivity index (χ2n) is 6.49. The molecule has 3 N–H and O–H groups in total. The van der Waals surface area contributed by atoms with Crippen molar-refractivity contribution in [3.63, 3.8) is 0 Å². The van der Waals surface area contributed by atoms with E-state index in [0.717, 1.165) is 0 Å². The number of hydrogen-bond donors (Lipinski definition) is 3. The predicted molar refractivity (Wildman–Crippen MR) is 111 cm³/mol. The topological polar surface area (TPSA) is 111 Å². The summed E-state index contributed by atoms with van der Waals surface area (Å²) in [6.07, 6.45) is 2.68. The van der Waals surface area contributed by atoms with Crippen LogP contribution in [0.15, 0.2) is 54.6 Å². The average molecular weight is 410 g/mol. The van der Waals surface area contributed by atoms with Gasteiger partial charge in [0, 0.05) is 24.9 Å². The molecule has 156 valence electrons. The van der Waals surface area contributed by atoms with Crippen LogP contribution in [0.2, 0.25) is 0 Å². The van der Waals surface area contributed by atoms with E-state index in [-0.39, 0.29) is 18.5 Å². The lowest BCUT2D eigenvalue weighted by Gasteiger charge is -2.35.